The number of carbonyl (C=O) groups is 2. The molecule has 4 rings (SSSR count). The van der Waals surface area contributed by atoms with E-state index >= 15 is 0 Å². The molecule has 0 aliphatic heterocycles. The van der Waals surface area contributed by atoms with Gasteiger partial charge >= 0.3 is 5.76 Å². The van der Waals surface area contributed by atoms with Gasteiger partial charge in [0, 0.05) is 22.8 Å². The van der Waals surface area contributed by atoms with Crippen LogP contribution >= 0.6 is 15.9 Å². The number of aromatic nitrogens is 3. The number of aromatic amines is 1. The van der Waals surface area contributed by atoms with Gasteiger partial charge in [-0.3, -0.25) is 19.1 Å². The van der Waals surface area contributed by atoms with Crippen LogP contribution in [0.5, 0.6) is 0 Å². The average Bonchev–Trinajstić information content (AvgIpc) is 3.35. The van der Waals surface area contributed by atoms with Gasteiger partial charge in [-0.25, -0.2) is 4.79 Å². The maximum atomic E-state index is 12.9. The topological polar surface area (TPSA) is 152 Å². The minimum absolute atomic E-state index is 0.0142. The molecule has 2 aromatic heterocycles. The maximum absolute atomic E-state index is 12.9. The van der Waals surface area contributed by atoms with Crippen molar-refractivity contribution in [2.24, 2.45) is 0 Å². The molecule has 0 unspecified atom stereocenters. The van der Waals surface area contributed by atoms with Crippen LogP contribution in [0.15, 0.2) is 54.7 Å². The zero-order chi connectivity index (χ0) is 22.0. The molecule has 11 nitrogen and oxygen atoms in total. The van der Waals surface area contributed by atoms with Crippen molar-refractivity contribution in [2.75, 3.05) is 24.4 Å². The molecule has 0 bridgehead atoms. The van der Waals surface area contributed by atoms with Gasteiger partial charge in [0.25, 0.3) is 5.91 Å². The number of anilines is 2. The minimum Gasteiger partial charge on any atom is -0.375 e. The van der Waals surface area contributed by atoms with Crippen LogP contribution in [0.4, 0.5) is 11.4 Å². The number of benzene rings is 2. The molecule has 2 heterocycles. The number of nitrogens with one attached hydrogen (secondary N) is 3. The molecule has 4 aromatic rings. The Hall–Kier alpha value is -3.77. The van der Waals surface area contributed by atoms with Gasteiger partial charge in [-0.15, -0.1) is 0 Å². The van der Waals surface area contributed by atoms with Crippen molar-refractivity contribution in [2.45, 2.75) is 0 Å². The highest BCUT2D eigenvalue weighted by molar-refractivity contribution is 9.10. The number of nitrogens with zero attached hydrogens (tertiary/aromatic N) is 2. The van der Waals surface area contributed by atoms with Gasteiger partial charge in [0.2, 0.25) is 5.91 Å². The van der Waals surface area contributed by atoms with Crippen LogP contribution in [-0.2, 0) is 9.53 Å². The smallest absolute Gasteiger partial charge is 0.375 e. The molecule has 0 aliphatic rings. The monoisotopic (exact) mass is 487 g/mol. The lowest BCUT2D eigenvalue weighted by Crippen LogP contribution is -2.17. The molecule has 0 fully saturated rings. The highest BCUT2D eigenvalue weighted by Crippen LogP contribution is 2.30. The van der Waals surface area contributed by atoms with E-state index in [-0.39, 0.29) is 24.0 Å². The van der Waals surface area contributed by atoms with Crippen LogP contribution in [-0.4, -0.2) is 40.8 Å². The molecule has 0 saturated heterocycles. The number of H-pyrrole nitrogens is 1. The third-order valence-electron chi connectivity index (χ3n) is 4.17. The van der Waals surface area contributed by atoms with E-state index in [2.05, 4.69) is 46.4 Å². The molecule has 0 aliphatic carbocycles. The SMILES string of the molecule is COCC(=O)Nc1ccc2onc(C(=O)Nc3ccc(Br)cc3-c3noc(=O)[nH]3)c2c1. The van der Waals surface area contributed by atoms with Crippen molar-refractivity contribution in [3.63, 3.8) is 0 Å². The van der Waals surface area contributed by atoms with E-state index in [0.717, 1.165) is 0 Å². The molecule has 12 heteroatoms. The van der Waals surface area contributed by atoms with Gasteiger partial charge < -0.3 is 19.9 Å². The second kappa shape index (κ2) is 8.53. The lowest BCUT2D eigenvalue weighted by molar-refractivity contribution is -0.119. The fourth-order valence-electron chi connectivity index (χ4n) is 2.86. The Kier molecular flexibility index (Phi) is 5.64. The number of methoxy groups -OCH3 is 1. The first-order valence-electron chi connectivity index (χ1n) is 8.80. The fourth-order valence-corrected chi connectivity index (χ4v) is 3.22. The number of ether oxygens (including phenoxy) is 1. The van der Waals surface area contributed by atoms with E-state index in [1.807, 2.05) is 0 Å². The second-order valence-electron chi connectivity index (χ2n) is 6.31. The van der Waals surface area contributed by atoms with Crippen LogP contribution in [0.25, 0.3) is 22.4 Å². The number of hydrogen-bond acceptors (Lipinski definition) is 8. The number of carbonyl (C=O) groups excluding carboxylic acids is 2. The van der Waals surface area contributed by atoms with Gasteiger partial charge in [0.1, 0.15) is 6.61 Å². The van der Waals surface area contributed by atoms with E-state index < -0.39 is 11.7 Å². The summed E-state index contributed by atoms with van der Waals surface area (Å²) >= 11 is 3.34. The molecule has 3 N–H and O–H groups in total. The number of rotatable bonds is 6. The molecule has 2 aromatic carbocycles. The van der Waals surface area contributed by atoms with E-state index in [1.54, 1.807) is 36.4 Å². The first-order valence-corrected chi connectivity index (χ1v) is 9.59. The van der Waals surface area contributed by atoms with Gasteiger partial charge in [-0.1, -0.05) is 26.2 Å². The van der Waals surface area contributed by atoms with Crippen LogP contribution in [0.1, 0.15) is 10.5 Å². The lowest BCUT2D eigenvalue weighted by Gasteiger charge is -2.09. The Balaban J connectivity index is 1.65. The molecular weight excluding hydrogens is 474 g/mol. The summed E-state index contributed by atoms with van der Waals surface area (Å²) in [6, 6.07) is 9.79. The van der Waals surface area contributed by atoms with Crippen LogP contribution < -0.4 is 16.4 Å². The molecule has 158 valence electrons. The quantitative estimate of drug-likeness (QED) is 0.375. The summed E-state index contributed by atoms with van der Waals surface area (Å²) in [6.45, 7) is -0.106. The molecule has 2 amide bonds. The zero-order valence-corrected chi connectivity index (χ0v) is 17.5. The normalized spacial score (nSPS) is 10.9. The summed E-state index contributed by atoms with van der Waals surface area (Å²) in [7, 11) is 1.41. The Morgan fingerprint density at radius 1 is 1.13 bits per heavy atom. The first kappa shape index (κ1) is 20.5. The van der Waals surface area contributed by atoms with Crippen molar-refractivity contribution in [3.05, 3.63) is 57.1 Å². The Labute approximate surface area is 181 Å². The van der Waals surface area contributed by atoms with Crippen molar-refractivity contribution >= 4 is 50.1 Å². The number of fused-ring (bicyclic) bond motifs is 1. The molecule has 0 spiro atoms. The molecule has 0 radical (unpaired) electrons. The summed E-state index contributed by atoms with van der Waals surface area (Å²) in [6.07, 6.45) is 0. The van der Waals surface area contributed by atoms with Crippen LogP contribution in [0.3, 0.4) is 0 Å². The maximum Gasteiger partial charge on any atom is 0.439 e. The van der Waals surface area contributed by atoms with Gasteiger partial charge in [-0.2, -0.15) is 0 Å². The van der Waals surface area contributed by atoms with Gasteiger partial charge in [-0.05, 0) is 36.4 Å². The van der Waals surface area contributed by atoms with E-state index in [1.165, 1.54) is 7.11 Å². The number of hydrogen-bond donors (Lipinski definition) is 3. The number of halogens is 1. The lowest BCUT2D eigenvalue weighted by atomic mass is 10.1. The standard InChI is InChI=1S/C19H14BrN5O6/c1-29-8-15(26)21-10-3-5-14-12(7-10)16(24-30-14)18(27)22-13-4-2-9(20)6-11(13)17-23-19(28)31-25-17/h2-7H,8H2,1H3,(H,21,26)(H,22,27)(H,23,25,28). The Bertz CT molecular complexity index is 1340. The zero-order valence-electron chi connectivity index (χ0n) is 15.9. The largest absolute Gasteiger partial charge is 0.439 e. The van der Waals surface area contributed by atoms with E-state index in [4.69, 9.17) is 9.26 Å². The highest BCUT2D eigenvalue weighted by Gasteiger charge is 2.20. The van der Waals surface area contributed by atoms with Crippen LogP contribution in [0.2, 0.25) is 0 Å². The summed E-state index contributed by atoms with van der Waals surface area (Å²) < 4.78 is 15.3. The number of amides is 2. The summed E-state index contributed by atoms with van der Waals surface area (Å²) in [4.78, 5) is 38.4. The third-order valence-corrected chi connectivity index (χ3v) is 4.66. The predicted molar refractivity (Wildman–Crippen MR) is 113 cm³/mol. The van der Waals surface area contributed by atoms with Crippen molar-refractivity contribution in [3.8, 4) is 11.4 Å². The predicted octanol–water partition coefficient (Wildman–Crippen LogP) is 2.77. The Morgan fingerprint density at radius 3 is 2.71 bits per heavy atom. The summed E-state index contributed by atoms with van der Waals surface area (Å²) in [5.74, 6) is -1.48. The van der Waals surface area contributed by atoms with Crippen LogP contribution in [0, 0.1) is 0 Å². The second-order valence-corrected chi connectivity index (χ2v) is 7.23. The summed E-state index contributed by atoms with van der Waals surface area (Å²) in [5, 5.41) is 13.3. The first-order chi connectivity index (χ1) is 14.9. The summed E-state index contributed by atoms with van der Waals surface area (Å²) in [5.41, 5.74) is 1.62. The minimum atomic E-state index is -0.724. The van der Waals surface area contributed by atoms with Gasteiger partial charge in [0.05, 0.1) is 11.1 Å². The molecular formula is C19H14BrN5O6. The fraction of sp³-hybridized carbons (Fsp3) is 0.105. The van der Waals surface area contributed by atoms with Crippen molar-refractivity contribution in [1.29, 1.82) is 0 Å². The molecule has 0 saturated carbocycles. The van der Waals surface area contributed by atoms with E-state index in [9.17, 15) is 14.4 Å². The average molecular weight is 488 g/mol. The van der Waals surface area contributed by atoms with Gasteiger partial charge in [0.15, 0.2) is 17.1 Å². The molecule has 0 atom stereocenters. The van der Waals surface area contributed by atoms with Crippen molar-refractivity contribution < 1.29 is 23.4 Å². The van der Waals surface area contributed by atoms with Crippen molar-refractivity contribution in [1.82, 2.24) is 15.3 Å². The third kappa shape index (κ3) is 4.39. The van der Waals surface area contributed by atoms with E-state index in [0.29, 0.717) is 32.4 Å². The highest BCUT2D eigenvalue weighted by atomic mass is 79.9. The molecule has 31 heavy (non-hydrogen) atoms. The Morgan fingerprint density at radius 2 is 1.97 bits per heavy atom.